The highest BCUT2D eigenvalue weighted by Crippen LogP contribution is 2.54. The van der Waals surface area contributed by atoms with Gasteiger partial charge in [-0.05, 0) is 93.9 Å². The third-order valence-electron chi connectivity index (χ3n) is 12.4. The van der Waals surface area contributed by atoms with E-state index < -0.39 is 0 Å². The molecule has 8 aromatic carbocycles. The van der Waals surface area contributed by atoms with Crippen molar-refractivity contribution < 1.29 is 0 Å². The Bertz CT molecular complexity index is 3330. The van der Waals surface area contributed by atoms with Gasteiger partial charge in [-0.2, -0.15) is 9.97 Å². The van der Waals surface area contributed by atoms with Gasteiger partial charge in [-0.3, -0.25) is 4.90 Å². The second kappa shape index (κ2) is 15.9. The maximum atomic E-state index is 5.41. The summed E-state index contributed by atoms with van der Waals surface area (Å²) in [5.41, 5.74) is 14.9. The summed E-state index contributed by atoms with van der Waals surface area (Å²) in [7, 11) is 0. The van der Waals surface area contributed by atoms with Gasteiger partial charge in [-0.15, -0.1) is 0 Å². The van der Waals surface area contributed by atoms with Crippen molar-refractivity contribution in [3.05, 3.63) is 217 Å². The van der Waals surface area contributed by atoms with Crippen LogP contribution in [0.15, 0.2) is 200 Å². The van der Waals surface area contributed by atoms with E-state index in [1.54, 1.807) is 0 Å². The first-order valence-corrected chi connectivity index (χ1v) is 22.0. The fraction of sp³-hybridized carbons (Fsp3) is 0.0862. The molecule has 0 amide bonds. The highest BCUT2D eigenvalue weighted by atomic mass is 15.3. The molecule has 3 heterocycles. The number of anilines is 2. The lowest BCUT2D eigenvalue weighted by Crippen LogP contribution is -2.30. The van der Waals surface area contributed by atoms with E-state index in [1.165, 1.54) is 60.5 Å². The summed E-state index contributed by atoms with van der Waals surface area (Å²) in [6.07, 6.45) is 5.57. The minimum atomic E-state index is -0.0509. The maximum absolute atomic E-state index is 5.41. The van der Waals surface area contributed by atoms with E-state index in [4.69, 9.17) is 15.0 Å². The first-order valence-electron chi connectivity index (χ1n) is 22.0. The normalized spacial score (nSPS) is 14.2. The average Bonchev–Trinajstić information content (AvgIpc) is 3.88. The minimum Gasteiger partial charge on any atom is -0.307 e. The van der Waals surface area contributed by atoms with Crippen molar-refractivity contribution in [2.75, 3.05) is 4.90 Å². The molecule has 0 radical (unpaired) electrons. The molecule has 0 N–H and O–H groups in total. The number of aromatic nitrogens is 4. The molecule has 302 valence electrons. The number of rotatable bonds is 6. The lowest BCUT2D eigenvalue weighted by molar-refractivity contribution is 0.800. The Balaban J connectivity index is 0.00000219. The molecule has 63 heavy (non-hydrogen) atoms. The molecule has 5 heteroatoms. The molecule has 2 aromatic heterocycles. The van der Waals surface area contributed by atoms with Crippen LogP contribution in [-0.2, 0) is 0 Å². The number of nitrogens with zero attached hydrogens (tertiary/aromatic N) is 5. The number of hydrogen-bond donors (Lipinski definition) is 0. The summed E-state index contributed by atoms with van der Waals surface area (Å²) >= 11 is 0. The standard InChI is InChI=1S/C56H39N5.C2H6/c1-36-32-47-46-34-43(37-16-6-2-7-17-37)27-30-49(46)61(56-58-54(40-21-10-4-11-22-40)57-55(59-56)41-23-12-5-13-24-41)52(47)53-51(36)48-35-44(38-18-8-3-9-19-38)28-31-50(48)60(53)45-29-26-39-20-14-15-25-42(39)33-45;1-2/h2-29,31-35,49H,30H2,1H3;1-2H3. The second-order valence-electron chi connectivity index (χ2n) is 16.0. The molecule has 0 bridgehead atoms. The predicted octanol–water partition coefficient (Wildman–Crippen LogP) is 14.8. The topological polar surface area (TPSA) is 46.8 Å². The van der Waals surface area contributed by atoms with Crippen molar-refractivity contribution in [1.82, 2.24) is 19.5 Å². The van der Waals surface area contributed by atoms with Crippen LogP contribution < -0.4 is 4.90 Å². The zero-order valence-electron chi connectivity index (χ0n) is 35.6. The molecule has 1 atom stereocenters. The van der Waals surface area contributed by atoms with Gasteiger partial charge in [0.15, 0.2) is 11.6 Å². The summed E-state index contributed by atoms with van der Waals surface area (Å²) in [6, 6.07) is 66.8. The van der Waals surface area contributed by atoms with Crippen LogP contribution in [0.25, 0.3) is 83.3 Å². The van der Waals surface area contributed by atoms with E-state index in [0.29, 0.717) is 17.6 Å². The van der Waals surface area contributed by atoms with Gasteiger partial charge in [0.1, 0.15) is 0 Å². The van der Waals surface area contributed by atoms with E-state index in [2.05, 4.69) is 180 Å². The third kappa shape index (κ3) is 6.52. The SMILES string of the molecule is CC.Cc1cc2c(c3c1c1cc(-c4ccccc4)ccc1n3-c1ccc3ccccc3c1)N(c1nc(-c3ccccc3)nc(-c3ccccc3)n1)C1CC=C(c3ccccc3)C=C21. The largest absolute Gasteiger partial charge is 0.307 e. The molecule has 0 saturated carbocycles. The molecule has 10 aromatic rings. The number of hydrogen-bond acceptors (Lipinski definition) is 4. The van der Waals surface area contributed by atoms with Crippen LogP contribution in [-0.4, -0.2) is 25.6 Å². The van der Waals surface area contributed by atoms with Crippen LogP contribution in [0.1, 0.15) is 37.0 Å². The smallest absolute Gasteiger partial charge is 0.234 e. The molecular weight excluding hydrogens is 767 g/mol. The fourth-order valence-corrected chi connectivity index (χ4v) is 9.58. The van der Waals surface area contributed by atoms with E-state index in [1.807, 2.05) is 50.2 Å². The molecule has 1 aliphatic heterocycles. The predicted molar refractivity (Wildman–Crippen MR) is 263 cm³/mol. The van der Waals surface area contributed by atoms with Gasteiger partial charge in [0.05, 0.1) is 22.8 Å². The van der Waals surface area contributed by atoms with Gasteiger partial charge >= 0.3 is 0 Å². The molecule has 1 unspecified atom stereocenters. The van der Waals surface area contributed by atoms with Crippen molar-refractivity contribution >= 4 is 55.4 Å². The summed E-state index contributed by atoms with van der Waals surface area (Å²) in [4.78, 5) is 18.4. The van der Waals surface area contributed by atoms with Crippen LogP contribution in [0.4, 0.5) is 11.6 Å². The highest BCUT2D eigenvalue weighted by Gasteiger charge is 2.41. The lowest BCUT2D eigenvalue weighted by Gasteiger charge is -2.28. The summed E-state index contributed by atoms with van der Waals surface area (Å²) in [5, 5.41) is 4.84. The zero-order valence-corrected chi connectivity index (χ0v) is 35.6. The Morgan fingerprint density at radius 3 is 1.76 bits per heavy atom. The molecule has 0 spiro atoms. The Labute approximate surface area is 368 Å². The number of benzene rings is 8. The van der Waals surface area contributed by atoms with Crippen LogP contribution >= 0.6 is 0 Å². The van der Waals surface area contributed by atoms with Crippen molar-refractivity contribution in [3.63, 3.8) is 0 Å². The van der Waals surface area contributed by atoms with E-state index in [9.17, 15) is 0 Å². The molecule has 2 aliphatic rings. The van der Waals surface area contributed by atoms with E-state index in [-0.39, 0.29) is 6.04 Å². The molecule has 0 saturated heterocycles. The molecule has 5 nitrogen and oxygen atoms in total. The summed E-state index contributed by atoms with van der Waals surface area (Å²) in [6.45, 7) is 6.28. The minimum absolute atomic E-state index is 0.0509. The molecular formula is C58H45N5. The van der Waals surface area contributed by atoms with Crippen LogP contribution in [0.2, 0.25) is 0 Å². The van der Waals surface area contributed by atoms with Gasteiger partial charge in [0.2, 0.25) is 5.95 Å². The first-order chi connectivity index (χ1) is 31.2. The Morgan fingerprint density at radius 1 is 0.524 bits per heavy atom. The zero-order chi connectivity index (χ0) is 42.4. The maximum Gasteiger partial charge on any atom is 0.234 e. The van der Waals surface area contributed by atoms with Gasteiger partial charge in [-0.1, -0.05) is 178 Å². The Kier molecular flexibility index (Phi) is 9.58. The first kappa shape index (κ1) is 38.1. The van der Waals surface area contributed by atoms with Crippen molar-refractivity contribution in [2.24, 2.45) is 0 Å². The fourth-order valence-electron chi connectivity index (χ4n) is 9.58. The third-order valence-corrected chi connectivity index (χ3v) is 12.4. The van der Waals surface area contributed by atoms with E-state index >= 15 is 0 Å². The van der Waals surface area contributed by atoms with Crippen molar-refractivity contribution in [1.29, 1.82) is 0 Å². The van der Waals surface area contributed by atoms with Crippen molar-refractivity contribution in [3.8, 4) is 39.6 Å². The average molecular weight is 812 g/mol. The van der Waals surface area contributed by atoms with Crippen LogP contribution in [0, 0.1) is 6.92 Å². The van der Waals surface area contributed by atoms with Gasteiger partial charge in [0, 0.05) is 33.2 Å². The lowest BCUT2D eigenvalue weighted by atomic mass is 9.88. The summed E-state index contributed by atoms with van der Waals surface area (Å²) in [5.74, 6) is 1.92. The number of allylic oxidation sites excluding steroid dienone is 2. The van der Waals surface area contributed by atoms with Gasteiger partial charge < -0.3 is 4.57 Å². The van der Waals surface area contributed by atoms with Gasteiger partial charge in [-0.25, -0.2) is 4.98 Å². The molecule has 0 fully saturated rings. The number of fused-ring (bicyclic) bond motifs is 8. The number of aryl methyl sites for hydroxylation is 1. The Morgan fingerprint density at radius 2 is 1.11 bits per heavy atom. The van der Waals surface area contributed by atoms with Gasteiger partial charge in [0.25, 0.3) is 0 Å². The quantitative estimate of drug-likeness (QED) is 0.168. The second-order valence-corrected chi connectivity index (χ2v) is 16.0. The van der Waals surface area contributed by atoms with Crippen LogP contribution in [0.3, 0.4) is 0 Å². The van der Waals surface area contributed by atoms with Crippen LogP contribution in [0.5, 0.6) is 0 Å². The highest BCUT2D eigenvalue weighted by molar-refractivity contribution is 6.20. The molecule has 1 aliphatic carbocycles. The van der Waals surface area contributed by atoms with Crippen molar-refractivity contribution in [2.45, 2.75) is 33.2 Å². The Hall–Kier alpha value is -7.89. The van der Waals surface area contributed by atoms with E-state index in [0.717, 1.165) is 40.0 Å². The molecule has 12 rings (SSSR count). The summed E-state index contributed by atoms with van der Waals surface area (Å²) < 4.78 is 2.49. The monoisotopic (exact) mass is 811 g/mol.